The standard InChI is InChI=1S/C18H26N2S2/c1-3-18(4-2,20-14-10-6-5-7-11-14)22-17-19-15-12-8-9-13-16(15)21-17/h8-9,12-14,20H,3-7,10-11H2,1-2H3. The number of hydrogen-bond acceptors (Lipinski definition) is 4. The van der Waals surface area contributed by atoms with Crippen LogP contribution in [0.2, 0.25) is 0 Å². The van der Waals surface area contributed by atoms with Crippen LogP contribution >= 0.6 is 23.1 Å². The highest BCUT2D eigenvalue weighted by Gasteiger charge is 2.31. The number of rotatable bonds is 6. The summed E-state index contributed by atoms with van der Waals surface area (Å²) in [5.41, 5.74) is 1.13. The molecule has 1 aromatic carbocycles. The maximum absolute atomic E-state index is 4.83. The molecule has 1 aliphatic carbocycles. The summed E-state index contributed by atoms with van der Waals surface area (Å²) in [5, 5.41) is 3.99. The van der Waals surface area contributed by atoms with Gasteiger partial charge < -0.3 is 0 Å². The average molecular weight is 335 g/mol. The van der Waals surface area contributed by atoms with E-state index >= 15 is 0 Å². The van der Waals surface area contributed by atoms with E-state index in [2.05, 4.69) is 43.4 Å². The highest BCUT2D eigenvalue weighted by Crippen LogP contribution is 2.41. The van der Waals surface area contributed by atoms with Gasteiger partial charge in [0.15, 0.2) is 4.34 Å². The molecular weight excluding hydrogens is 308 g/mol. The molecule has 0 bridgehead atoms. The van der Waals surface area contributed by atoms with Gasteiger partial charge in [0.25, 0.3) is 0 Å². The molecule has 0 spiro atoms. The van der Waals surface area contributed by atoms with E-state index in [0.29, 0.717) is 6.04 Å². The van der Waals surface area contributed by atoms with Crippen LogP contribution in [-0.2, 0) is 0 Å². The molecule has 3 rings (SSSR count). The van der Waals surface area contributed by atoms with E-state index in [4.69, 9.17) is 4.98 Å². The molecule has 1 aromatic heterocycles. The summed E-state index contributed by atoms with van der Waals surface area (Å²) in [7, 11) is 0. The van der Waals surface area contributed by atoms with Crippen LogP contribution in [0.3, 0.4) is 0 Å². The molecule has 0 radical (unpaired) electrons. The van der Waals surface area contributed by atoms with Crippen molar-refractivity contribution in [1.29, 1.82) is 0 Å². The van der Waals surface area contributed by atoms with Crippen LogP contribution in [-0.4, -0.2) is 15.9 Å². The Bertz CT molecular complexity index is 565. The maximum atomic E-state index is 4.83. The number of thiazole rings is 1. The van der Waals surface area contributed by atoms with Gasteiger partial charge in [-0.05, 0) is 37.8 Å². The van der Waals surface area contributed by atoms with Crippen LogP contribution in [0, 0.1) is 0 Å². The Kier molecular flexibility index (Phi) is 5.42. The minimum atomic E-state index is 0.135. The molecule has 1 fully saturated rings. The molecule has 2 aromatic rings. The minimum Gasteiger partial charge on any atom is -0.300 e. The number of hydrogen-bond donors (Lipinski definition) is 1. The molecule has 1 aliphatic rings. The van der Waals surface area contributed by atoms with Crippen molar-refractivity contribution in [2.24, 2.45) is 0 Å². The van der Waals surface area contributed by atoms with E-state index < -0.39 is 0 Å². The molecule has 1 saturated carbocycles. The smallest absolute Gasteiger partial charge is 0.152 e. The van der Waals surface area contributed by atoms with Crippen molar-refractivity contribution in [3.05, 3.63) is 24.3 Å². The van der Waals surface area contributed by atoms with E-state index in [9.17, 15) is 0 Å². The fourth-order valence-electron chi connectivity index (χ4n) is 3.31. The van der Waals surface area contributed by atoms with E-state index in [1.54, 1.807) is 0 Å². The van der Waals surface area contributed by atoms with Crippen LogP contribution in [0.25, 0.3) is 10.2 Å². The van der Waals surface area contributed by atoms with Gasteiger partial charge in [-0.1, -0.05) is 57.0 Å². The summed E-state index contributed by atoms with van der Waals surface area (Å²) in [6.45, 7) is 4.61. The summed E-state index contributed by atoms with van der Waals surface area (Å²) in [6.07, 6.45) is 9.12. The Labute approximate surface area is 142 Å². The first-order chi connectivity index (χ1) is 10.7. The number of nitrogens with zero attached hydrogens (tertiary/aromatic N) is 1. The van der Waals surface area contributed by atoms with Crippen LogP contribution in [0.15, 0.2) is 28.6 Å². The first-order valence-corrected chi connectivity index (χ1v) is 10.2. The lowest BCUT2D eigenvalue weighted by atomic mass is 9.94. The van der Waals surface area contributed by atoms with Crippen LogP contribution in [0.4, 0.5) is 0 Å². The predicted octanol–water partition coefficient (Wildman–Crippen LogP) is 5.83. The highest BCUT2D eigenvalue weighted by molar-refractivity contribution is 8.02. The summed E-state index contributed by atoms with van der Waals surface area (Å²) in [4.78, 5) is 4.96. The second kappa shape index (κ2) is 7.33. The third-order valence-electron chi connectivity index (χ3n) is 4.77. The molecule has 0 atom stereocenters. The van der Waals surface area contributed by atoms with Gasteiger partial charge in [-0.25, -0.2) is 4.98 Å². The molecule has 0 unspecified atom stereocenters. The largest absolute Gasteiger partial charge is 0.300 e. The number of thioether (sulfide) groups is 1. The minimum absolute atomic E-state index is 0.135. The predicted molar refractivity (Wildman–Crippen MR) is 98.8 cm³/mol. The molecule has 4 heteroatoms. The van der Waals surface area contributed by atoms with Gasteiger partial charge in [-0.15, -0.1) is 11.3 Å². The summed E-state index contributed by atoms with van der Waals surface area (Å²) < 4.78 is 2.50. The summed E-state index contributed by atoms with van der Waals surface area (Å²) in [6, 6.07) is 9.15. The van der Waals surface area contributed by atoms with Gasteiger partial charge in [0.1, 0.15) is 0 Å². The SMILES string of the molecule is CCC(CC)(NC1CCCCC1)Sc1nc2ccccc2s1. The van der Waals surface area contributed by atoms with Gasteiger partial charge in [0.05, 0.1) is 15.1 Å². The Morgan fingerprint density at radius 1 is 1.18 bits per heavy atom. The summed E-state index contributed by atoms with van der Waals surface area (Å²) in [5.74, 6) is 0. The van der Waals surface area contributed by atoms with Crippen molar-refractivity contribution < 1.29 is 0 Å². The Morgan fingerprint density at radius 3 is 2.59 bits per heavy atom. The summed E-state index contributed by atoms with van der Waals surface area (Å²) >= 11 is 3.78. The Balaban J connectivity index is 1.77. The van der Waals surface area contributed by atoms with E-state index in [-0.39, 0.29) is 4.87 Å². The van der Waals surface area contributed by atoms with Crippen LogP contribution in [0.1, 0.15) is 58.8 Å². The van der Waals surface area contributed by atoms with Gasteiger partial charge in [-0.3, -0.25) is 5.32 Å². The number of nitrogens with one attached hydrogen (secondary N) is 1. The first-order valence-electron chi connectivity index (χ1n) is 8.57. The Hall–Kier alpha value is -0.580. The lowest BCUT2D eigenvalue weighted by Gasteiger charge is -2.37. The molecule has 0 aliphatic heterocycles. The lowest BCUT2D eigenvalue weighted by Crippen LogP contribution is -2.47. The zero-order valence-electron chi connectivity index (χ0n) is 13.6. The van der Waals surface area contributed by atoms with Gasteiger partial charge in [0.2, 0.25) is 0 Å². The van der Waals surface area contributed by atoms with Gasteiger partial charge >= 0.3 is 0 Å². The third kappa shape index (κ3) is 3.66. The number of benzene rings is 1. The van der Waals surface area contributed by atoms with Crippen molar-refractivity contribution in [2.45, 2.75) is 74.0 Å². The zero-order chi connectivity index (χ0) is 15.4. The molecule has 0 amide bonds. The van der Waals surface area contributed by atoms with Gasteiger partial charge in [0, 0.05) is 6.04 Å². The molecule has 22 heavy (non-hydrogen) atoms. The van der Waals surface area contributed by atoms with Crippen molar-refractivity contribution in [3.63, 3.8) is 0 Å². The molecule has 1 heterocycles. The van der Waals surface area contributed by atoms with Crippen LogP contribution in [0.5, 0.6) is 0 Å². The third-order valence-corrected chi connectivity index (χ3v) is 7.45. The quantitative estimate of drug-likeness (QED) is 0.531. The second-order valence-electron chi connectivity index (χ2n) is 6.23. The first kappa shape index (κ1) is 16.3. The van der Waals surface area contributed by atoms with Crippen LogP contribution < -0.4 is 5.32 Å². The number of aromatic nitrogens is 1. The van der Waals surface area contributed by atoms with E-state index in [1.807, 2.05) is 23.1 Å². The van der Waals surface area contributed by atoms with Gasteiger partial charge in [-0.2, -0.15) is 0 Å². The van der Waals surface area contributed by atoms with E-state index in [1.165, 1.54) is 41.1 Å². The zero-order valence-corrected chi connectivity index (χ0v) is 15.2. The highest BCUT2D eigenvalue weighted by atomic mass is 32.2. The number of fused-ring (bicyclic) bond motifs is 1. The molecule has 2 nitrogen and oxygen atoms in total. The molecule has 1 N–H and O–H groups in total. The maximum Gasteiger partial charge on any atom is 0.152 e. The topological polar surface area (TPSA) is 24.9 Å². The van der Waals surface area contributed by atoms with Crippen molar-refractivity contribution >= 4 is 33.3 Å². The Morgan fingerprint density at radius 2 is 1.91 bits per heavy atom. The van der Waals surface area contributed by atoms with Crippen molar-refractivity contribution in [3.8, 4) is 0 Å². The fourth-order valence-corrected chi connectivity index (χ4v) is 5.91. The monoisotopic (exact) mass is 334 g/mol. The number of para-hydroxylation sites is 1. The molecular formula is C18H26N2S2. The van der Waals surface area contributed by atoms with E-state index in [0.717, 1.165) is 18.4 Å². The lowest BCUT2D eigenvalue weighted by molar-refractivity contribution is 0.307. The molecule has 120 valence electrons. The average Bonchev–Trinajstić information content (AvgIpc) is 2.97. The fraction of sp³-hybridized carbons (Fsp3) is 0.611. The van der Waals surface area contributed by atoms with Crippen molar-refractivity contribution in [1.82, 2.24) is 10.3 Å². The molecule has 0 saturated heterocycles. The second-order valence-corrected chi connectivity index (χ2v) is 8.89. The normalized spacial score (nSPS) is 17.2. The van der Waals surface area contributed by atoms with Crippen molar-refractivity contribution in [2.75, 3.05) is 0 Å².